The van der Waals surface area contributed by atoms with Crippen LogP contribution in [-0.2, 0) is 25.6 Å². The molecule has 52 heavy (non-hydrogen) atoms. The molecule has 4 amide bonds. The van der Waals surface area contributed by atoms with E-state index in [9.17, 15) is 19.2 Å². The first-order chi connectivity index (χ1) is 24.7. The molecule has 0 saturated carbocycles. The van der Waals surface area contributed by atoms with Crippen LogP contribution in [0.1, 0.15) is 106 Å². The Morgan fingerprint density at radius 1 is 1.00 bits per heavy atom. The van der Waals surface area contributed by atoms with Gasteiger partial charge in [-0.25, -0.2) is 0 Å². The fourth-order valence-corrected chi connectivity index (χ4v) is 3.79. The number of aliphatic hydroxyl groups is 1. The summed E-state index contributed by atoms with van der Waals surface area (Å²) >= 11 is 0. The summed E-state index contributed by atoms with van der Waals surface area (Å²) in [7, 11) is 8.51. The van der Waals surface area contributed by atoms with Gasteiger partial charge in [-0.15, -0.1) is 0 Å². The highest BCUT2D eigenvalue weighted by atomic mass is 16.2. The molecular formula is C41H80N6O5. The highest BCUT2D eigenvalue weighted by Gasteiger charge is 2.20. The summed E-state index contributed by atoms with van der Waals surface area (Å²) in [5.74, 6) is -0.352. The van der Waals surface area contributed by atoms with E-state index in [4.69, 9.17) is 5.11 Å². The number of nitrogens with one attached hydrogen (secondary N) is 4. The standard InChI is InChI=1S/C13H23N3O3.C11H15N.C6H11NO.C5H13N.C3H8.C2H6.CH4O/c1-5-9(2)6-11(16-8-17)10(3)13(19)15-7-12(18)14-4;1-10(12(2)3)9-11-7-5-4-6-8-11;1-6-3-2-4-7(6)5-8;1-4-5(2)6-3;1-3-2;2*1-2/h8-9,11H,3,5-7H2,1-2,4H3,(H,14,18)(H,15,19)(H,16,17);4-8H,1,9H2,2-3H3;5-6H,2-4H2,1H3;5-6H,4H2,1-3H3;3H2,1-2H3;1-2H3;2H,1H3. The van der Waals surface area contributed by atoms with E-state index >= 15 is 0 Å². The molecule has 4 atom stereocenters. The van der Waals surface area contributed by atoms with Crippen LogP contribution >= 0.6 is 0 Å². The molecular weight excluding hydrogens is 656 g/mol. The zero-order chi connectivity index (χ0) is 41.5. The monoisotopic (exact) mass is 737 g/mol. The van der Waals surface area contributed by atoms with Crippen LogP contribution in [0.25, 0.3) is 0 Å². The Morgan fingerprint density at radius 2 is 1.54 bits per heavy atom. The lowest BCUT2D eigenvalue weighted by Crippen LogP contribution is -2.41. The lowest BCUT2D eigenvalue weighted by Gasteiger charge is -2.21. The Morgan fingerprint density at radius 3 is 1.87 bits per heavy atom. The summed E-state index contributed by atoms with van der Waals surface area (Å²) in [5.41, 5.74) is 2.72. The van der Waals surface area contributed by atoms with Crippen molar-refractivity contribution in [2.75, 3.05) is 48.4 Å². The molecule has 1 fully saturated rings. The number of benzene rings is 1. The van der Waals surface area contributed by atoms with E-state index in [1.165, 1.54) is 38.3 Å². The van der Waals surface area contributed by atoms with Gasteiger partial charge in [-0.2, -0.15) is 0 Å². The summed E-state index contributed by atoms with van der Waals surface area (Å²) in [6.45, 7) is 27.3. The summed E-state index contributed by atoms with van der Waals surface area (Å²) in [6.07, 6.45) is 8.86. The van der Waals surface area contributed by atoms with E-state index in [0.29, 0.717) is 30.8 Å². The van der Waals surface area contributed by atoms with Crippen LogP contribution < -0.4 is 21.3 Å². The minimum absolute atomic E-state index is 0.106. The van der Waals surface area contributed by atoms with Crippen molar-refractivity contribution in [1.82, 2.24) is 31.1 Å². The molecule has 4 unspecified atom stereocenters. The number of carbonyl (C=O) groups is 4. The number of hydrogen-bond acceptors (Lipinski definition) is 7. The molecule has 0 spiro atoms. The minimum atomic E-state index is -0.425. The fraction of sp³-hybridized carbons (Fsp3) is 0.659. The van der Waals surface area contributed by atoms with E-state index in [2.05, 4.69) is 93.3 Å². The molecule has 1 saturated heterocycles. The van der Waals surface area contributed by atoms with E-state index < -0.39 is 11.9 Å². The lowest BCUT2D eigenvalue weighted by molar-refractivity contribution is -0.124. The Balaban J connectivity index is -0.000000191. The van der Waals surface area contributed by atoms with Crippen molar-refractivity contribution in [3.05, 3.63) is 60.3 Å². The van der Waals surface area contributed by atoms with Crippen molar-refractivity contribution in [2.24, 2.45) is 5.92 Å². The second-order valence-electron chi connectivity index (χ2n) is 12.2. The molecule has 304 valence electrons. The van der Waals surface area contributed by atoms with E-state index in [0.717, 1.165) is 38.6 Å². The van der Waals surface area contributed by atoms with Crippen molar-refractivity contribution in [3.63, 3.8) is 0 Å². The average Bonchev–Trinajstić information content (AvgIpc) is 3.60. The average molecular weight is 737 g/mol. The largest absolute Gasteiger partial charge is 0.400 e. The van der Waals surface area contributed by atoms with Gasteiger partial charge >= 0.3 is 0 Å². The van der Waals surface area contributed by atoms with Gasteiger partial charge in [0, 0.05) is 64.6 Å². The summed E-state index contributed by atoms with van der Waals surface area (Å²) < 4.78 is 0. The van der Waals surface area contributed by atoms with Gasteiger partial charge in [0.15, 0.2) is 0 Å². The zero-order valence-corrected chi connectivity index (χ0v) is 35.6. The zero-order valence-electron chi connectivity index (χ0n) is 35.6. The van der Waals surface area contributed by atoms with Crippen LogP contribution in [0.4, 0.5) is 0 Å². The van der Waals surface area contributed by atoms with Crippen molar-refractivity contribution in [1.29, 1.82) is 0 Å². The predicted molar refractivity (Wildman–Crippen MR) is 222 cm³/mol. The van der Waals surface area contributed by atoms with Crippen LogP contribution in [0.3, 0.4) is 0 Å². The lowest BCUT2D eigenvalue weighted by atomic mass is 9.94. The van der Waals surface area contributed by atoms with E-state index in [1.54, 1.807) is 0 Å². The van der Waals surface area contributed by atoms with Crippen LogP contribution in [0, 0.1) is 5.92 Å². The molecule has 5 N–H and O–H groups in total. The van der Waals surface area contributed by atoms with Gasteiger partial charge in [0.2, 0.25) is 24.6 Å². The van der Waals surface area contributed by atoms with E-state index in [1.807, 2.05) is 64.7 Å². The second-order valence-corrected chi connectivity index (χ2v) is 12.2. The molecule has 0 bridgehead atoms. The smallest absolute Gasteiger partial charge is 0.249 e. The molecule has 1 aliphatic rings. The van der Waals surface area contributed by atoms with Gasteiger partial charge < -0.3 is 36.2 Å². The third-order valence-electron chi connectivity index (χ3n) is 7.73. The van der Waals surface area contributed by atoms with Crippen molar-refractivity contribution >= 4 is 24.6 Å². The van der Waals surface area contributed by atoms with Gasteiger partial charge in [-0.05, 0) is 58.1 Å². The normalized spacial score (nSPS) is 13.6. The molecule has 0 radical (unpaired) electrons. The van der Waals surface area contributed by atoms with Gasteiger partial charge in [-0.1, -0.05) is 105 Å². The third-order valence-corrected chi connectivity index (χ3v) is 7.73. The second kappa shape index (κ2) is 41.7. The Hall–Kier alpha value is -3.70. The summed E-state index contributed by atoms with van der Waals surface area (Å²) in [4.78, 5) is 47.4. The van der Waals surface area contributed by atoms with Gasteiger partial charge in [0.25, 0.3) is 0 Å². The highest BCUT2D eigenvalue weighted by Crippen LogP contribution is 2.15. The maximum Gasteiger partial charge on any atom is 0.249 e. The number of hydrogen-bond donors (Lipinski definition) is 5. The number of aliphatic hydroxyl groups excluding tert-OH is 1. The van der Waals surface area contributed by atoms with Gasteiger partial charge in [0.05, 0.1) is 12.6 Å². The van der Waals surface area contributed by atoms with E-state index in [-0.39, 0.29) is 18.0 Å². The molecule has 11 nitrogen and oxygen atoms in total. The number of rotatable bonds is 15. The number of likely N-dealkylation sites (tertiary alicyclic amines) is 1. The predicted octanol–water partition coefficient (Wildman–Crippen LogP) is 5.94. The fourth-order valence-electron chi connectivity index (χ4n) is 3.79. The van der Waals surface area contributed by atoms with Gasteiger partial charge in [0.1, 0.15) is 0 Å². The number of carbonyl (C=O) groups excluding carboxylic acids is 4. The SMILES string of the molecule is C=C(C(=O)NCC(=O)NC)C(CC(C)CC)NC=O.C=C(Cc1ccccc1)N(C)C.CC.CC1CCCN1C=O.CCC.CCC(C)NC.CO. The Bertz CT molecular complexity index is 1000. The van der Waals surface area contributed by atoms with Crippen LogP contribution in [0.5, 0.6) is 0 Å². The maximum atomic E-state index is 11.8. The molecule has 2 rings (SSSR count). The van der Waals surface area contributed by atoms with Crippen LogP contribution in [-0.4, -0.2) is 106 Å². The molecule has 1 aliphatic heterocycles. The first-order valence-electron chi connectivity index (χ1n) is 18.8. The van der Waals surface area contributed by atoms with Crippen LogP contribution in [0.2, 0.25) is 0 Å². The van der Waals surface area contributed by atoms with Crippen LogP contribution in [0.15, 0.2) is 54.8 Å². The van der Waals surface area contributed by atoms with Gasteiger partial charge in [-0.3, -0.25) is 19.2 Å². The Labute approximate surface area is 319 Å². The number of likely N-dealkylation sites (N-methyl/N-ethyl adjacent to an activating group) is 2. The Kier molecular flexibility index (Phi) is 46.2. The maximum absolute atomic E-state index is 11.8. The molecule has 1 heterocycles. The topological polar surface area (TPSA) is 143 Å². The minimum Gasteiger partial charge on any atom is -0.400 e. The molecule has 11 heteroatoms. The number of amides is 4. The number of allylic oxidation sites excluding steroid dienone is 1. The molecule has 1 aromatic rings. The molecule has 0 aromatic heterocycles. The molecule has 0 aliphatic carbocycles. The van der Waals surface area contributed by atoms with Crippen molar-refractivity contribution in [3.8, 4) is 0 Å². The first kappa shape index (κ1) is 57.6. The summed E-state index contributed by atoms with van der Waals surface area (Å²) in [6, 6.07) is 11.1. The first-order valence-corrected chi connectivity index (χ1v) is 18.8. The van der Waals surface area contributed by atoms with Crippen molar-refractivity contribution < 1.29 is 24.3 Å². The summed E-state index contributed by atoms with van der Waals surface area (Å²) in [5, 5.41) is 17.6. The third kappa shape index (κ3) is 34.7. The quantitative estimate of drug-likeness (QED) is 0.111. The molecule has 1 aromatic carbocycles. The van der Waals surface area contributed by atoms with Crippen molar-refractivity contribution in [2.45, 2.75) is 125 Å². The number of nitrogens with zero attached hydrogens (tertiary/aromatic N) is 2. The highest BCUT2D eigenvalue weighted by molar-refractivity contribution is 5.96.